The van der Waals surface area contributed by atoms with Crippen molar-refractivity contribution in [3.05, 3.63) is 40.3 Å². The van der Waals surface area contributed by atoms with E-state index in [9.17, 15) is 8.42 Å². The van der Waals surface area contributed by atoms with E-state index in [2.05, 4.69) is 9.88 Å². The lowest BCUT2D eigenvalue weighted by molar-refractivity contribution is 0.390. The smallest absolute Gasteiger partial charge is 0.246 e. The summed E-state index contributed by atoms with van der Waals surface area (Å²) in [6, 6.07) is 3.87. The number of aryl methyl sites for hydroxylation is 4. The second-order valence-electron chi connectivity index (χ2n) is 5.24. The van der Waals surface area contributed by atoms with Crippen LogP contribution in [0.1, 0.15) is 28.1 Å². The maximum Gasteiger partial charge on any atom is 0.246 e. The van der Waals surface area contributed by atoms with Gasteiger partial charge in [-0.25, -0.2) is 13.1 Å². The van der Waals surface area contributed by atoms with E-state index in [1.807, 2.05) is 26.0 Å². The Labute approximate surface area is 130 Å². The molecule has 0 saturated heterocycles. The molecule has 6 nitrogen and oxygen atoms in total. The van der Waals surface area contributed by atoms with Gasteiger partial charge in [-0.2, -0.15) is 0 Å². The summed E-state index contributed by atoms with van der Waals surface area (Å²) in [5.41, 5.74) is 3.19. The Morgan fingerprint density at radius 1 is 1.23 bits per heavy atom. The van der Waals surface area contributed by atoms with E-state index in [0.29, 0.717) is 11.4 Å². The summed E-state index contributed by atoms with van der Waals surface area (Å²) in [7, 11) is -2.12. The molecule has 1 N–H and O–H groups in total. The van der Waals surface area contributed by atoms with Gasteiger partial charge < -0.3 is 9.26 Å². The lowest BCUT2D eigenvalue weighted by atomic mass is 10.0. The van der Waals surface area contributed by atoms with Crippen LogP contribution >= 0.6 is 0 Å². The summed E-state index contributed by atoms with van der Waals surface area (Å²) in [4.78, 5) is 0.0937. The topological polar surface area (TPSA) is 81.4 Å². The van der Waals surface area contributed by atoms with E-state index >= 15 is 0 Å². The number of nitrogens with one attached hydrogen (secondary N) is 1. The molecule has 22 heavy (non-hydrogen) atoms. The third kappa shape index (κ3) is 3.15. The fourth-order valence-corrected chi connectivity index (χ4v) is 3.79. The van der Waals surface area contributed by atoms with Crippen LogP contribution in [0.15, 0.2) is 21.6 Å². The molecule has 1 aromatic carbocycles. The number of ether oxygens (including phenoxy) is 1. The Morgan fingerprint density at radius 2 is 1.91 bits per heavy atom. The number of methoxy groups -OCH3 is 1. The number of aromatic nitrogens is 1. The van der Waals surface area contributed by atoms with Gasteiger partial charge in [0.15, 0.2) is 5.76 Å². The Morgan fingerprint density at radius 3 is 2.45 bits per heavy atom. The van der Waals surface area contributed by atoms with Gasteiger partial charge in [0.1, 0.15) is 16.3 Å². The number of rotatable bonds is 5. The Bertz CT molecular complexity index is 775. The van der Waals surface area contributed by atoms with Crippen LogP contribution in [-0.2, 0) is 16.6 Å². The van der Waals surface area contributed by atoms with Crippen molar-refractivity contribution in [2.75, 3.05) is 7.11 Å². The van der Waals surface area contributed by atoms with Gasteiger partial charge in [-0.3, -0.25) is 0 Å². The van der Waals surface area contributed by atoms with Crippen molar-refractivity contribution >= 4 is 10.0 Å². The van der Waals surface area contributed by atoms with Crippen LogP contribution in [0.4, 0.5) is 0 Å². The first-order valence-electron chi connectivity index (χ1n) is 6.83. The van der Waals surface area contributed by atoms with Crippen LogP contribution in [0.2, 0.25) is 0 Å². The Balaban J connectivity index is 2.31. The van der Waals surface area contributed by atoms with Gasteiger partial charge in [0.05, 0.1) is 7.11 Å². The van der Waals surface area contributed by atoms with Crippen LogP contribution in [-0.4, -0.2) is 20.7 Å². The Hall–Kier alpha value is -1.86. The van der Waals surface area contributed by atoms with Crippen molar-refractivity contribution in [1.82, 2.24) is 9.88 Å². The first-order valence-corrected chi connectivity index (χ1v) is 8.31. The largest absolute Gasteiger partial charge is 0.496 e. The van der Waals surface area contributed by atoms with Crippen molar-refractivity contribution in [3.63, 3.8) is 0 Å². The average molecular weight is 324 g/mol. The molecular weight excluding hydrogens is 304 g/mol. The van der Waals surface area contributed by atoms with Gasteiger partial charge >= 0.3 is 0 Å². The molecule has 0 bridgehead atoms. The molecule has 1 heterocycles. The van der Waals surface area contributed by atoms with E-state index < -0.39 is 10.0 Å². The zero-order valence-electron chi connectivity index (χ0n) is 13.4. The predicted octanol–water partition coefficient (Wildman–Crippen LogP) is 2.40. The first-order chi connectivity index (χ1) is 10.3. The lowest BCUT2D eigenvalue weighted by Crippen LogP contribution is -2.25. The molecule has 2 aromatic rings. The van der Waals surface area contributed by atoms with Crippen molar-refractivity contribution in [2.24, 2.45) is 0 Å². The van der Waals surface area contributed by atoms with E-state index in [4.69, 9.17) is 9.26 Å². The Kier molecular flexibility index (Phi) is 4.58. The van der Waals surface area contributed by atoms with Gasteiger partial charge in [-0.1, -0.05) is 11.2 Å². The minimum atomic E-state index is -3.69. The van der Waals surface area contributed by atoms with Gasteiger partial charge in [0.25, 0.3) is 0 Å². The molecule has 0 radical (unpaired) electrons. The molecule has 0 aliphatic heterocycles. The monoisotopic (exact) mass is 324 g/mol. The van der Waals surface area contributed by atoms with Crippen LogP contribution in [0.25, 0.3) is 0 Å². The molecule has 120 valence electrons. The summed E-state index contributed by atoms with van der Waals surface area (Å²) in [6.07, 6.45) is 0. The summed E-state index contributed by atoms with van der Waals surface area (Å²) in [5.74, 6) is 0.941. The third-order valence-electron chi connectivity index (χ3n) is 3.47. The zero-order valence-corrected chi connectivity index (χ0v) is 14.2. The average Bonchev–Trinajstić information content (AvgIpc) is 2.76. The fraction of sp³-hybridized carbons (Fsp3) is 0.400. The minimum Gasteiger partial charge on any atom is -0.496 e. The maximum atomic E-state index is 12.4. The number of hydrogen-bond donors (Lipinski definition) is 1. The van der Waals surface area contributed by atoms with Crippen molar-refractivity contribution < 1.29 is 17.7 Å². The third-order valence-corrected chi connectivity index (χ3v) is 5.12. The highest BCUT2D eigenvalue weighted by Gasteiger charge is 2.24. The van der Waals surface area contributed by atoms with E-state index in [1.165, 1.54) is 0 Å². The van der Waals surface area contributed by atoms with E-state index in [-0.39, 0.29) is 17.2 Å². The SMILES string of the molecule is COc1cc(C)cc(C)c1CNS(=O)(=O)c1c(C)noc1C. The second kappa shape index (κ2) is 6.10. The van der Waals surface area contributed by atoms with Crippen molar-refractivity contribution in [1.29, 1.82) is 0 Å². The summed E-state index contributed by atoms with van der Waals surface area (Å²) in [5, 5.41) is 3.68. The molecule has 0 atom stereocenters. The molecule has 0 aliphatic rings. The van der Waals surface area contributed by atoms with Crippen LogP contribution in [0.5, 0.6) is 5.75 Å². The summed E-state index contributed by atoms with van der Waals surface area (Å²) >= 11 is 0. The highest BCUT2D eigenvalue weighted by Crippen LogP contribution is 2.25. The maximum absolute atomic E-state index is 12.4. The number of sulfonamides is 1. The fourth-order valence-electron chi connectivity index (χ4n) is 2.46. The standard InChI is InChI=1S/C15H20N2O4S/c1-9-6-10(2)13(14(7-9)20-5)8-16-22(18,19)15-11(3)17-21-12(15)4/h6-7,16H,8H2,1-5H3. The van der Waals surface area contributed by atoms with Gasteiger partial charge in [-0.05, 0) is 44.9 Å². The van der Waals surface area contributed by atoms with Crippen molar-refractivity contribution in [2.45, 2.75) is 39.1 Å². The van der Waals surface area contributed by atoms with E-state index in [0.717, 1.165) is 16.7 Å². The number of benzene rings is 1. The molecule has 0 amide bonds. The molecular formula is C15H20N2O4S. The summed E-state index contributed by atoms with van der Waals surface area (Å²) < 4.78 is 37.7. The molecule has 2 rings (SSSR count). The molecule has 0 fully saturated rings. The molecule has 0 unspecified atom stereocenters. The molecule has 0 spiro atoms. The molecule has 0 aliphatic carbocycles. The van der Waals surface area contributed by atoms with Gasteiger partial charge in [0, 0.05) is 12.1 Å². The molecule has 1 aromatic heterocycles. The number of nitrogens with zero attached hydrogens (tertiary/aromatic N) is 1. The van der Waals surface area contributed by atoms with Gasteiger partial charge in [0.2, 0.25) is 10.0 Å². The highest BCUT2D eigenvalue weighted by molar-refractivity contribution is 7.89. The van der Waals surface area contributed by atoms with Gasteiger partial charge in [-0.15, -0.1) is 0 Å². The quantitative estimate of drug-likeness (QED) is 0.913. The molecule has 7 heteroatoms. The second-order valence-corrected chi connectivity index (χ2v) is 6.94. The van der Waals surface area contributed by atoms with Crippen molar-refractivity contribution in [3.8, 4) is 5.75 Å². The minimum absolute atomic E-state index is 0.0937. The number of hydrogen-bond acceptors (Lipinski definition) is 5. The first kappa shape index (κ1) is 16.5. The summed E-state index contributed by atoms with van der Waals surface area (Å²) in [6.45, 7) is 7.21. The van der Waals surface area contributed by atoms with Crippen LogP contribution in [0.3, 0.4) is 0 Å². The highest BCUT2D eigenvalue weighted by atomic mass is 32.2. The van der Waals surface area contributed by atoms with Crippen LogP contribution in [0, 0.1) is 27.7 Å². The lowest BCUT2D eigenvalue weighted by Gasteiger charge is -2.14. The zero-order chi connectivity index (χ0) is 16.5. The van der Waals surface area contributed by atoms with E-state index in [1.54, 1.807) is 21.0 Å². The normalized spacial score (nSPS) is 11.7. The van der Waals surface area contributed by atoms with Crippen LogP contribution < -0.4 is 9.46 Å². The predicted molar refractivity (Wildman–Crippen MR) is 82.5 cm³/mol. The molecule has 0 saturated carbocycles.